The fraction of sp³-hybridized carbons (Fsp3) is 0.750. The van der Waals surface area contributed by atoms with Crippen LogP contribution in [0.5, 0.6) is 0 Å². The molecule has 0 spiro atoms. The molecular formula is C8H13F3NO5P. The predicted molar refractivity (Wildman–Crippen MR) is 56.4 cm³/mol. The molecule has 0 aromatic rings. The summed E-state index contributed by atoms with van der Waals surface area (Å²) in [6, 6.07) is 0. The molecule has 0 heterocycles. The van der Waals surface area contributed by atoms with Crippen LogP contribution in [0.15, 0.2) is 4.76 Å². The Hall–Kier alpha value is -0.920. The van der Waals surface area contributed by atoms with E-state index in [0.29, 0.717) is 0 Å². The Morgan fingerprint density at radius 1 is 1.22 bits per heavy atom. The molecule has 0 saturated heterocycles. The highest BCUT2D eigenvalue weighted by molar-refractivity contribution is 7.52. The number of carbonyl (C=O) groups is 1. The van der Waals surface area contributed by atoms with Gasteiger partial charge in [0, 0.05) is 0 Å². The molecule has 0 bridgehead atoms. The number of hydrogen-bond acceptors (Lipinski definition) is 5. The van der Waals surface area contributed by atoms with Crippen molar-refractivity contribution in [3.63, 3.8) is 0 Å². The average molecular weight is 291 g/mol. The Labute approximate surface area is 102 Å². The van der Waals surface area contributed by atoms with Gasteiger partial charge in [-0.3, -0.25) is 9.05 Å². The molecule has 0 unspecified atom stereocenters. The van der Waals surface area contributed by atoms with Crippen molar-refractivity contribution in [3.8, 4) is 0 Å². The molecule has 0 radical (unpaired) electrons. The van der Waals surface area contributed by atoms with Gasteiger partial charge in [0.05, 0.1) is 20.3 Å². The second kappa shape index (κ2) is 6.86. The molecule has 106 valence electrons. The van der Waals surface area contributed by atoms with Crippen molar-refractivity contribution in [2.75, 3.05) is 20.3 Å². The number of esters is 1. The second-order valence-electron chi connectivity index (χ2n) is 2.74. The summed E-state index contributed by atoms with van der Waals surface area (Å²) in [7, 11) is -3.63. The lowest BCUT2D eigenvalue weighted by atomic mass is 10.4. The molecule has 0 aliphatic rings. The van der Waals surface area contributed by atoms with Crippen molar-refractivity contribution in [2.45, 2.75) is 20.0 Å². The molecular weight excluding hydrogens is 278 g/mol. The van der Waals surface area contributed by atoms with Crippen LogP contribution < -0.4 is 0 Å². The predicted octanol–water partition coefficient (Wildman–Crippen LogP) is 2.34. The van der Waals surface area contributed by atoms with Crippen molar-refractivity contribution in [3.05, 3.63) is 0 Å². The van der Waals surface area contributed by atoms with E-state index in [-0.39, 0.29) is 13.2 Å². The van der Waals surface area contributed by atoms with Crippen molar-refractivity contribution < 1.29 is 36.3 Å². The van der Waals surface area contributed by atoms with Gasteiger partial charge >= 0.3 is 19.9 Å². The van der Waals surface area contributed by atoms with Crippen LogP contribution in [0.2, 0.25) is 0 Å². The smallest absolute Gasteiger partial charge is 0.454 e. The van der Waals surface area contributed by atoms with E-state index in [0.717, 1.165) is 7.11 Å². The number of methoxy groups -OCH3 is 1. The zero-order valence-corrected chi connectivity index (χ0v) is 10.9. The normalized spacial score (nSPS) is 13.6. The highest BCUT2D eigenvalue weighted by Gasteiger charge is 2.44. The number of ether oxygens (including phenoxy) is 1. The van der Waals surface area contributed by atoms with E-state index < -0.39 is 25.6 Å². The first-order chi connectivity index (χ1) is 8.20. The largest absolute Gasteiger partial charge is 0.464 e. The van der Waals surface area contributed by atoms with Gasteiger partial charge in [-0.25, -0.2) is 9.36 Å². The first-order valence-electron chi connectivity index (χ1n) is 4.85. The lowest BCUT2D eigenvalue weighted by molar-refractivity contribution is -0.137. The molecule has 0 amide bonds. The molecule has 0 aromatic carbocycles. The van der Waals surface area contributed by atoms with Crippen LogP contribution in [0.3, 0.4) is 0 Å². The minimum atomic E-state index is -5.11. The molecule has 0 N–H and O–H groups in total. The number of halogens is 3. The molecule has 0 saturated carbocycles. The molecule has 0 atom stereocenters. The fourth-order valence-electron chi connectivity index (χ4n) is 0.854. The van der Waals surface area contributed by atoms with Gasteiger partial charge in [0.1, 0.15) is 0 Å². The van der Waals surface area contributed by atoms with Gasteiger partial charge < -0.3 is 4.74 Å². The number of hydrogen-bond donors (Lipinski definition) is 0. The van der Waals surface area contributed by atoms with E-state index >= 15 is 0 Å². The molecule has 0 fully saturated rings. The lowest BCUT2D eigenvalue weighted by Crippen LogP contribution is -2.32. The summed E-state index contributed by atoms with van der Waals surface area (Å²) in [6.45, 7) is 2.42. The minimum Gasteiger partial charge on any atom is -0.464 e. The van der Waals surface area contributed by atoms with E-state index in [2.05, 4.69) is 18.5 Å². The Morgan fingerprint density at radius 2 is 1.67 bits per heavy atom. The van der Waals surface area contributed by atoms with Gasteiger partial charge in [0.25, 0.3) is 0 Å². The maximum Gasteiger partial charge on any atom is 0.454 e. The van der Waals surface area contributed by atoms with Crippen LogP contribution in [-0.4, -0.2) is 38.2 Å². The molecule has 0 aliphatic heterocycles. The highest BCUT2D eigenvalue weighted by Crippen LogP contribution is 2.50. The highest BCUT2D eigenvalue weighted by atomic mass is 31.2. The number of nitrogens with zero attached hydrogens (tertiary/aromatic N) is 1. The molecule has 0 rings (SSSR count). The van der Waals surface area contributed by atoms with Crippen LogP contribution in [0.4, 0.5) is 13.2 Å². The summed E-state index contributed by atoms with van der Waals surface area (Å²) >= 11 is 0. The number of rotatable bonds is 6. The molecule has 10 heteroatoms. The van der Waals surface area contributed by atoms with Crippen molar-refractivity contribution in [2.24, 2.45) is 4.76 Å². The molecule has 18 heavy (non-hydrogen) atoms. The summed E-state index contributed by atoms with van der Waals surface area (Å²) in [5.74, 6) is -1.76. The zero-order valence-electron chi connectivity index (χ0n) is 9.98. The average Bonchev–Trinajstić information content (AvgIpc) is 2.24. The summed E-state index contributed by atoms with van der Waals surface area (Å²) in [5, 5.41) is 0. The van der Waals surface area contributed by atoms with Gasteiger partial charge in [-0.15, -0.1) is 0 Å². The van der Waals surface area contributed by atoms with Gasteiger partial charge in [-0.1, -0.05) is 0 Å². The van der Waals surface area contributed by atoms with Crippen LogP contribution >= 0.6 is 7.75 Å². The Morgan fingerprint density at radius 3 is 1.94 bits per heavy atom. The third kappa shape index (κ3) is 5.16. The standard InChI is InChI=1S/C8H13F3NO5P/c1-4-16-18(14,17-5-2)12-6(7(13)15-3)8(9,10)11/h4-5H2,1-3H3/b12-6-. The summed E-state index contributed by atoms with van der Waals surface area (Å²) < 4.78 is 65.0. The lowest BCUT2D eigenvalue weighted by Gasteiger charge is -2.14. The van der Waals surface area contributed by atoms with E-state index in [4.69, 9.17) is 0 Å². The van der Waals surface area contributed by atoms with Crippen molar-refractivity contribution in [1.82, 2.24) is 0 Å². The minimum absolute atomic E-state index is 0.187. The van der Waals surface area contributed by atoms with Gasteiger partial charge in [0.2, 0.25) is 5.71 Å². The zero-order chi connectivity index (χ0) is 14.4. The fourth-order valence-corrected chi connectivity index (χ4v) is 2.14. The molecule has 0 aromatic heterocycles. The van der Waals surface area contributed by atoms with Crippen LogP contribution in [0.1, 0.15) is 13.8 Å². The first-order valence-corrected chi connectivity index (χ1v) is 6.34. The Kier molecular flexibility index (Phi) is 6.51. The third-order valence-corrected chi connectivity index (χ3v) is 3.07. The van der Waals surface area contributed by atoms with Crippen LogP contribution in [-0.2, 0) is 23.1 Å². The summed E-state index contributed by atoms with van der Waals surface area (Å²) in [4.78, 5) is 10.9. The van der Waals surface area contributed by atoms with Gasteiger partial charge in [-0.2, -0.15) is 17.9 Å². The van der Waals surface area contributed by atoms with E-state index in [9.17, 15) is 22.5 Å². The maximum atomic E-state index is 12.5. The number of carbonyl (C=O) groups excluding carboxylic acids is 1. The van der Waals surface area contributed by atoms with E-state index in [1.807, 2.05) is 0 Å². The first kappa shape index (κ1) is 17.1. The second-order valence-corrected chi connectivity index (χ2v) is 4.40. The van der Waals surface area contributed by atoms with Crippen molar-refractivity contribution >= 4 is 19.4 Å². The number of alkyl halides is 3. The quantitative estimate of drug-likeness (QED) is 0.426. The topological polar surface area (TPSA) is 74.2 Å². The summed E-state index contributed by atoms with van der Waals surface area (Å²) in [5.41, 5.74) is -1.96. The third-order valence-electron chi connectivity index (χ3n) is 1.45. The SMILES string of the molecule is CCOP(=O)(/N=C(/C(=O)OC)C(F)(F)F)OCC. The molecule has 0 aliphatic carbocycles. The van der Waals surface area contributed by atoms with Gasteiger partial charge in [-0.05, 0) is 13.8 Å². The van der Waals surface area contributed by atoms with Crippen LogP contribution in [0, 0.1) is 0 Å². The Bertz CT molecular complexity index is 358. The molecule has 6 nitrogen and oxygen atoms in total. The van der Waals surface area contributed by atoms with E-state index in [1.165, 1.54) is 13.8 Å². The van der Waals surface area contributed by atoms with Crippen molar-refractivity contribution in [1.29, 1.82) is 0 Å². The van der Waals surface area contributed by atoms with Crippen LogP contribution in [0.25, 0.3) is 0 Å². The van der Waals surface area contributed by atoms with E-state index in [1.54, 1.807) is 0 Å². The summed E-state index contributed by atoms with van der Waals surface area (Å²) in [6.07, 6.45) is -5.11. The van der Waals surface area contributed by atoms with Gasteiger partial charge in [0.15, 0.2) is 0 Å². The monoisotopic (exact) mass is 291 g/mol. The maximum absolute atomic E-state index is 12.5. The Balaban J connectivity index is 5.49.